The fourth-order valence-corrected chi connectivity index (χ4v) is 4.37. The molecule has 5 nitrogen and oxygen atoms in total. The van der Waals surface area contributed by atoms with E-state index in [-0.39, 0.29) is 5.56 Å². The molecule has 0 saturated heterocycles. The van der Waals surface area contributed by atoms with Crippen LogP contribution >= 0.6 is 11.3 Å². The summed E-state index contributed by atoms with van der Waals surface area (Å²) < 4.78 is 2.80. The summed E-state index contributed by atoms with van der Waals surface area (Å²) in [6, 6.07) is 23.6. The van der Waals surface area contributed by atoms with E-state index in [9.17, 15) is 4.79 Å². The lowest BCUT2D eigenvalue weighted by Crippen LogP contribution is -2.18. The number of aryl methyl sites for hydroxylation is 1. The Morgan fingerprint density at radius 3 is 2.72 bits per heavy atom. The predicted octanol–water partition coefficient (Wildman–Crippen LogP) is 4.89. The van der Waals surface area contributed by atoms with Crippen LogP contribution in [0.1, 0.15) is 11.4 Å². The molecule has 5 aromatic rings. The topological polar surface area (TPSA) is 59.3 Å². The van der Waals surface area contributed by atoms with E-state index >= 15 is 0 Å². The Hall–Kier alpha value is -3.51. The van der Waals surface area contributed by atoms with Crippen molar-refractivity contribution in [1.29, 1.82) is 0 Å². The molecule has 0 fully saturated rings. The van der Waals surface area contributed by atoms with E-state index in [0.29, 0.717) is 17.9 Å². The van der Waals surface area contributed by atoms with Crippen LogP contribution in [0.25, 0.3) is 26.4 Å². The first-order valence-corrected chi connectivity index (χ1v) is 10.2. The van der Waals surface area contributed by atoms with Crippen molar-refractivity contribution in [3.05, 3.63) is 94.5 Å². The van der Waals surface area contributed by atoms with Crippen LogP contribution in [-0.2, 0) is 6.54 Å². The third kappa shape index (κ3) is 3.39. The lowest BCUT2D eigenvalue weighted by molar-refractivity contribution is 0.943. The van der Waals surface area contributed by atoms with Crippen molar-refractivity contribution in [1.82, 2.24) is 14.4 Å². The smallest absolute Gasteiger partial charge is 0.258 e. The van der Waals surface area contributed by atoms with Gasteiger partial charge in [0.1, 0.15) is 10.7 Å². The largest absolute Gasteiger partial charge is 0.379 e. The van der Waals surface area contributed by atoms with Gasteiger partial charge in [0.05, 0.1) is 22.5 Å². The summed E-state index contributed by atoms with van der Waals surface area (Å²) >= 11 is 1.68. The molecule has 2 aromatic carbocycles. The van der Waals surface area contributed by atoms with Gasteiger partial charge in [0, 0.05) is 23.0 Å². The molecule has 5 rings (SSSR count). The molecule has 0 aliphatic rings. The Morgan fingerprint density at radius 2 is 1.83 bits per heavy atom. The van der Waals surface area contributed by atoms with Crippen LogP contribution < -0.4 is 10.9 Å². The zero-order valence-electron chi connectivity index (χ0n) is 15.8. The maximum absolute atomic E-state index is 12.4. The van der Waals surface area contributed by atoms with Crippen molar-refractivity contribution < 1.29 is 0 Å². The summed E-state index contributed by atoms with van der Waals surface area (Å²) in [5, 5.41) is 4.37. The Bertz CT molecular complexity index is 1370. The first kappa shape index (κ1) is 17.6. The van der Waals surface area contributed by atoms with E-state index in [1.165, 1.54) is 4.70 Å². The van der Waals surface area contributed by atoms with E-state index in [0.717, 1.165) is 27.5 Å². The highest BCUT2D eigenvalue weighted by atomic mass is 32.1. The number of pyridine rings is 1. The van der Waals surface area contributed by atoms with Gasteiger partial charge in [-0.25, -0.2) is 9.97 Å². The van der Waals surface area contributed by atoms with Crippen molar-refractivity contribution in [3.8, 4) is 10.6 Å². The standard InChI is InChI=1S/C23H18N4OS/c1-15-6-4-11-21-25-18(13-22(28)27(15)21)14-24-17-8-5-7-16(12-17)23-26-19-9-2-3-10-20(19)29-23/h2-13,24H,14H2,1H3. The number of thiazole rings is 1. The number of hydrogen-bond acceptors (Lipinski definition) is 5. The maximum atomic E-state index is 12.4. The molecule has 0 saturated carbocycles. The molecule has 0 unspecified atom stereocenters. The Morgan fingerprint density at radius 1 is 0.966 bits per heavy atom. The van der Waals surface area contributed by atoms with Crippen LogP contribution in [0, 0.1) is 6.92 Å². The van der Waals surface area contributed by atoms with Crippen molar-refractivity contribution >= 4 is 32.9 Å². The molecular weight excluding hydrogens is 380 g/mol. The lowest BCUT2D eigenvalue weighted by Gasteiger charge is -2.09. The van der Waals surface area contributed by atoms with Crippen molar-refractivity contribution in [2.45, 2.75) is 13.5 Å². The van der Waals surface area contributed by atoms with Gasteiger partial charge in [-0.15, -0.1) is 11.3 Å². The average molecular weight is 398 g/mol. The van der Waals surface area contributed by atoms with Gasteiger partial charge in [0.15, 0.2) is 0 Å². The molecule has 1 N–H and O–H groups in total. The maximum Gasteiger partial charge on any atom is 0.258 e. The van der Waals surface area contributed by atoms with Gasteiger partial charge < -0.3 is 5.32 Å². The Balaban J connectivity index is 1.41. The van der Waals surface area contributed by atoms with Gasteiger partial charge >= 0.3 is 0 Å². The quantitative estimate of drug-likeness (QED) is 0.468. The number of nitrogens with one attached hydrogen (secondary N) is 1. The van der Waals surface area contributed by atoms with Gasteiger partial charge in [0.2, 0.25) is 0 Å². The van der Waals surface area contributed by atoms with E-state index in [2.05, 4.69) is 28.5 Å². The van der Waals surface area contributed by atoms with Crippen LogP contribution in [0.2, 0.25) is 0 Å². The molecule has 0 bridgehead atoms. The highest BCUT2D eigenvalue weighted by Crippen LogP contribution is 2.31. The molecule has 0 spiro atoms. The summed E-state index contributed by atoms with van der Waals surface area (Å²) in [5.41, 5.74) is 5.24. The van der Waals surface area contributed by atoms with Gasteiger partial charge in [-0.3, -0.25) is 9.20 Å². The Kier molecular flexibility index (Phi) is 4.33. The third-order valence-corrected chi connectivity index (χ3v) is 5.90. The molecule has 142 valence electrons. The average Bonchev–Trinajstić information content (AvgIpc) is 3.17. The van der Waals surface area contributed by atoms with Gasteiger partial charge in [0.25, 0.3) is 5.56 Å². The number of benzene rings is 2. The Labute approximate surface area is 171 Å². The molecule has 0 amide bonds. The number of hydrogen-bond donors (Lipinski definition) is 1. The zero-order chi connectivity index (χ0) is 19.8. The lowest BCUT2D eigenvalue weighted by atomic mass is 10.2. The van der Waals surface area contributed by atoms with Gasteiger partial charge in [-0.1, -0.05) is 30.3 Å². The van der Waals surface area contributed by atoms with E-state index in [1.807, 2.05) is 55.5 Å². The second-order valence-electron chi connectivity index (χ2n) is 6.87. The molecular formula is C23H18N4OS. The number of fused-ring (bicyclic) bond motifs is 2. The minimum Gasteiger partial charge on any atom is -0.379 e. The van der Waals surface area contributed by atoms with Crippen LogP contribution in [0.5, 0.6) is 0 Å². The first-order chi connectivity index (χ1) is 14.2. The monoisotopic (exact) mass is 398 g/mol. The number of rotatable bonds is 4. The molecule has 0 atom stereocenters. The van der Waals surface area contributed by atoms with Crippen molar-refractivity contribution in [2.24, 2.45) is 0 Å². The number of para-hydroxylation sites is 1. The van der Waals surface area contributed by atoms with Gasteiger partial charge in [-0.2, -0.15) is 0 Å². The predicted molar refractivity (Wildman–Crippen MR) is 119 cm³/mol. The highest BCUT2D eigenvalue weighted by Gasteiger charge is 2.08. The van der Waals surface area contributed by atoms with Crippen LogP contribution in [0.15, 0.2) is 77.6 Å². The summed E-state index contributed by atoms with van der Waals surface area (Å²) in [5.74, 6) is 0. The molecule has 0 aliphatic carbocycles. The molecule has 0 aliphatic heterocycles. The van der Waals surface area contributed by atoms with E-state index in [4.69, 9.17) is 4.98 Å². The van der Waals surface area contributed by atoms with E-state index < -0.39 is 0 Å². The molecule has 6 heteroatoms. The molecule has 0 radical (unpaired) electrons. The fraction of sp³-hybridized carbons (Fsp3) is 0.0870. The van der Waals surface area contributed by atoms with Gasteiger partial charge in [-0.05, 0) is 43.3 Å². The van der Waals surface area contributed by atoms with Crippen LogP contribution in [-0.4, -0.2) is 14.4 Å². The zero-order valence-corrected chi connectivity index (χ0v) is 16.6. The summed E-state index contributed by atoms with van der Waals surface area (Å²) in [6.45, 7) is 2.38. The second-order valence-corrected chi connectivity index (χ2v) is 7.90. The second kappa shape index (κ2) is 7.14. The normalized spacial score (nSPS) is 11.2. The van der Waals surface area contributed by atoms with Crippen LogP contribution in [0.4, 0.5) is 5.69 Å². The minimum atomic E-state index is -0.0619. The SMILES string of the molecule is Cc1cccc2nc(CNc3cccc(-c4nc5ccccc5s4)c3)cc(=O)n12. The molecule has 3 heterocycles. The molecule has 29 heavy (non-hydrogen) atoms. The number of nitrogens with zero attached hydrogens (tertiary/aromatic N) is 3. The van der Waals surface area contributed by atoms with Crippen LogP contribution in [0.3, 0.4) is 0 Å². The summed E-state index contributed by atoms with van der Waals surface area (Å²) in [7, 11) is 0. The molecule has 3 aromatic heterocycles. The summed E-state index contributed by atoms with van der Waals surface area (Å²) in [6.07, 6.45) is 0. The fourth-order valence-electron chi connectivity index (χ4n) is 3.40. The third-order valence-electron chi connectivity index (χ3n) is 4.81. The van der Waals surface area contributed by atoms with Crippen molar-refractivity contribution in [2.75, 3.05) is 5.32 Å². The van der Waals surface area contributed by atoms with E-state index in [1.54, 1.807) is 21.8 Å². The highest BCUT2D eigenvalue weighted by molar-refractivity contribution is 7.21. The summed E-state index contributed by atoms with van der Waals surface area (Å²) in [4.78, 5) is 21.8. The number of aromatic nitrogens is 3. The minimum absolute atomic E-state index is 0.0619. The number of anilines is 1. The van der Waals surface area contributed by atoms with Crippen molar-refractivity contribution in [3.63, 3.8) is 0 Å². The first-order valence-electron chi connectivity index (χ1n) is 9.35.